The summed E-state index contributed by atoms with van der Waals surface area (Å²) in [6, 6.07) is 13.3. The first-order chi connectivity index (χ1) is 12.2. The molecule has 3 aromatic rings. The second-order valence-electron chi connectivity index (χ2n) is 5.18. The summed E-state index contributed by atoms with van der Waals surface area (Å²) in [5, 5.41) is 7.22. The van der Waals surface area contributed by atoms with Gasteiger partial charge in [-0.05, 0) is 61.6 Å². The lowest BCUT2D eigenvalue weighted by atomic mass is 10.2. The van der Waals surface area contributed by atoms with Crippen LogP contribution >= 0.6 is 12.2 Å². The smallest absolute Gasteiger partial charge is 0.200 e. The zero-order valence-corrected chi connectivity index (χ0v) is 15.1. The standard InChI is InChI=1S/C18H19N3O3S/c1-4-24-14-8-6-13(7-9-14)21-17(19-20-18(21)25)12-5-10-15(22-2)16(11-12)23-3/h5-11H,4H2,1-3H3,(H,20,25). The molecule has 0 amide bonds. The Hall–Kier alpha value is -2.80. The lowest BCUT2D eigenvalue weighted by molar-refractivity contribution is 0.340. The van der Waals surface area contributed by atoms with E-state index in [0.717, 1.165) is 17.0 Å². The van der Waals surface area contributed by atoms with Crippen LogP contribution in [0.2, 0.25) is 0 Å². The average molecular weight is 357 g/mol. The second kappa shape index (κ2) is 7.40. The first kappa shape index (κ1) is 17.0. The molecule has 130 valence electrons. The van der Waals surface area contributed by atoms with E-state index in [1.54, 1.807) is 14.2 Å². The van der Waals surface area contributed by atoms with Gasteiger partial charge in [-0.15, -0.1) is 0 Å². The highest BCUT2D eigenvalue weighted by molar-refractivity contribution is 7.71. The fourth-order valence-corrected chi connectivity index (χ4v) is 2.80. The normalized spacial score (nSPS) is 10.5. The Labute approximate surface area is 151 Å². The number of aromatic nitrogens is 3. The Balaban J connectivity index is 2.06. The number of hydrogen-bond acceptors (Lipinski definition) is 5. The Morgan fingerprint density at radius 1 is 1.04 bits per heavy atom. The Bertz CT molecular complexity index is 916. The van der Waals surface area contributed by atoms with Gasteiger partial charge in [0.2, 0.25) is 0 Å². The van der Waals surface area contributed by atoms with Crippen molar-refractivity contribution in [1.82, 2.24) is 14.8 Å². The molecule has 25 heavy (non-hydrogen) atoms. The first-order valence-corrected chi connectivity index (χ1v) is 8.21. The van der Waals surface area contributed by atoms with Crippen molar-refractivity contribution in [3.8, 4) is 34.3 Å². The number of hydrogen-bond donors (Lipinski definition) is 1. The van der Waals surface area contributed by atoms with Gasteiger partial charge in [0.05, 0.1) is 26.5 Å². The highest BCUT2D eigenvalue weighted by Gasteiger charge is 2.14. The van der Waals surface area contributed by atoms with Crippen LogP contribution in [-0.4, -0.2) is 35.6 Å². The lowest BCUT2D eigenvalue weighted by Gasteiger charge is -2.11. The first-order valence-electron chi connectivity index (χ1n) is 7.81. The van der Waals surface area contributed by atoms with E-state index < -0.39 is 0 Å². The third-order valence-electron chi connectivity index (χ3n) is 3.72. The molecule has 0 radical (unpaired) electrons. The molecule has 0 saturated carbocycles. The van der Waals surface area contributed by atoms with E-state index in [1.807, 2.05) is 54.0 Å². The molecule has 0 aliphatic carbocycles. The lowest BCUT2D eigenvalue weighted by Crippen LogP contribution is -1.99. The summed E-state index contributed by atoms with van der Waals surface area (Å²) in [4.78, 5) is 0. The maximum atomic E-state index is 5.49. The van der Waals surface area contributed by atoms with Crippen LogP contribution in [0, 0.1) is 4.77 Å². The SMILES string of the molecule is CCOc1ccc(-n2c(-c3ccc(OC)c(OC)c3)n[nH]c2=S)cc1. The van der Waals surface area contributed by atoms with Gasteiger partial charge in [-0.2, -0.15) is 5.10 Å². The predicted octanol–water partition coefficient (Wildman–Crippen LogP) is 4.01. The van der Waals surface area contributed by atoms with Crippen molar-refractivity contribution in [2.24, 2.45) is 0 Å². The third kappa shape index (κ3) is 3.36. The van der Waals surface area contributed by atoms with Crippen molar-refractivity contribution < 1.29 is 14.2 Å². The fraction of sp³-hybridized carbons (Fsp3) is 0.222. The van der Waals surface area contributed by atoms with Crippen LogP contribution in [0.1, 0.15) is 6.92 Å². The summed E-state index contributed by atoms with van der Waals surface area (Å²) in [5.41, 5.74) is 1.76. The monoisotopic (exact) mass is 357 g/mol. The number of nitrogens with one attached hydrogen (secondary N) is 1. The molecular weight excluding hydrogens is 338 g/mol. The van der Waals surface area contributed by atoms with Crippen molar-refractivity contribution in [2.75, 3.05) is 20.8 Å². The summed E-state index contributed by atoms with van der Waals surface area (Å²) < 4.78 is 18.5. The highest BCUT2D eigenvalue weighted by Crippen LogP contribution is 2.32. The summed E-state index contributed by atoms with van der Waals surface area (Å²) in [6.45, 7) is 2.58. The van der Waals surface area contributed by atoms with E-state index in [0.29, 0.717) is 28.7 Å². The van der Waals surface area contributed by atoms with Gasteiger partial charge in [0.25, 0.3) is 0 Å². The molecule has 0 spiro atoms. The molecule has 3 rings (SSSR count). The summed E-state index contributed by atoms with van der Waals surface area (Å²) in [6.07, 6.45) is 0. The van der Waals surface area contributed by atoms with Crippen LogP contribution in [0.5, 0.6) is 17.2 Å². The predicted molar refractivity (Wildman–Crippen MR) is 98.5 cm³/mol. The van der Waals surface area contributed by atoms with Gasteiger partial charge in [-0.1, -0.05) is 0 Å². The summed E-state index contributed by atoms with van der Waals surface area (Å²) in [5.74, 6) is 2.80. The van der Waals surface area contributed by atoms with Crippen LogP contribution in [-0.2, 0) is 0 Å². The Morgan fingerprint density at radius 3 is 2.40 bits per heavy atom. The van der Waals surface area contributed by atoms with Gasteiger partial charge >= 0.3 is 0 Å². The van der Waals surface area contributed by atoms with Crippen LogP contribution < -0.4 is 14.2 Å². The molecule has 0 fully saturated rings. The molecule has 0 saturated heterocycles. The number of ether oxygens (including phenoxy) is 3. The summed E-state index contributed by atoms with van der Waals surface area (Å²) in [7, 11) is 3.21. The molecule has 6 nitrogen and oxygen atoms in total. The minimum Gasteiger partial charge on any atom is -0.494 e. The second-order valence-corrected chi connectivity index (χ2v) is 5.57. The molecule has 1 aromatic heterocycles. The zero-order valence-electron chi connectivity index (χ0n) is 14.3. The number of nitrogens with zero attached hydrogens (tertiary/aromatic N) is 2. The van der Waals surface area contributed by atoms with Crippen LogP contribution in [0.3, 0.4) is 0 Å². The molecule has 1 N–H and O–H groups in total. The van der Waals surface area contributed by atoms with Crippen molar-refractivity contribution in [3.63, 3.8) is 0 Å². The zero-order chi connectivity index (χ0) is 17.8. The van der Waals surface area contributed by atoms with Gasteiger partial charge in [0, 0.05) is 5.56 Å². The maximum absolute atomic E-state index is 5.49. The van der Waals surface area contributed by atoms with E-state index in [4.69, 9.17) is 26.4 Å². The molecule has 0 unspecified atom stereocenters. The molecule has 0 aliphatic heterocycles. The third-order valence-corrected chi connectivity index (χ3v) is 3.99. The van der Waals surface area contributed by atoms with Gasteiger partial charge in [0.15, 0.2) is 22.1 Å². The topological polar surface area (TPSA) is 61.3 Å². The van der Waals surface area contributed by atoms with Crippen molar-refractivity contribution in [3.05, 3.63) is 47.2 Å². The molecule has 1 heterocycles. The van der Waals surface area contributed by atoms with Gasteiger partial charge in [0.1, 0.15) is 5.75 Å². The van der Waals surface area contributed by atoms with E-state index in [2.05, 4.69) is 10.2 Å². The van der Waals surface area contributed by atoms with Crippen LogP contribution in [0.15, 0.2) is 42.5 Å². The number of methoxy groups -OCH3 is 2. The quantitative estimate of drug-likeness (QED) is 0.675. The van der Waals surface area contributed by atoms with Gasteiger partial charge < -0.3 is 14.2 Å². The number of rotatable bonds is 6. The molecular formula is C18H19N3O3S. The largest absolute Gasteiger partial charge is 0.494 e. The van der Waals surface area contributed by atoms with Crippen LogP contribution in [0.4, 0.5) is 0 Å². The number of aromatic amines is 1. The molecule has 0 bridgehead atoms. The highest BCUT2D eigenvalue weighted by atomic mass is 32.1. The molecule has 0 atom stereocenters. The number of H-pyrrole nitrogens is 1. The van der Waals surface area contributed by atoms with Gasteiger partial charge in [-0.25, -0.2) is 0 Å². The number of benzene rings is 2. The van der Waals surface area contributed by atoms with Crippen molar-refractivity contribution in [2.45, 2.75) is 6.92 Å². The fourth-order valence-electron chi connectivity index (χ4n) is 2.56. The van der Waals surface area contributed by atoms with Crippen molar-refractivity contribution >= 4 is 12.2 Å². The average Bonchev–Trinajstić information content (AvgIpc) is 3.03. The van der Waals surface area contributed by atoms with E-state index in [-0.39, 0.29) is 0 Å². The van der Waals surface area contributed by atoms with E-state index in [1.165, 1.54) is 0 Å². The molecule has 2 aromatic carbocycles. The van der Waals surface area contributed by atoms with Gasteiger partial charge in [-0.3, -0.25) is 9.67 Å². The van der Waals surface area contributed by atoms with E-state index >= 15 is 0 Å². The van der Waals surface area contributed by atoms with E-state index in [9.17, 15) is 0 Å². The minimum atomic E-state index is 0.508. The Kier molecular flexibility index (Phi) is 5.04. The van der Waals surface area contributed by atoms with Crippen molar-refractivity contribution in [1.29, 1.82) is 0 Å². The summed E-state index contributed by atoms with van der Waals surface area (Å²) >= 11 is 5.41. The van der Waals surface area contributed by atoms with Crippen LogP contribution in [0.25, 0.3) is 17.1 Å². The minimum absolute atomic E-state index is 0.508. The maximum Gasteiger partial charge on any atom is 0.200 e. The molecule has 0 aliphatic rings. The Morgan fingerprint density at radius 2 is 1.76 bits per heavy atom. The molecule has 7 heteroatoms.